The lowest BCUT2D eigenvalue weighted by Crippen LogP contribution is -2.56. The number of imidazole rings is 1. The van der Waals surface area contributed by atoms with Gasteiger partial charge in [-0.2, -0.15) is 0 Å². The van der Waals surface area contributed by atoms with E-state index in [4.69, 9.17) is 0 Å². The predicted molar refractivity (Wildman–Crippen MR) is 139 cm³/mol. The van der Waals surface area contributed by atoms with Crippen molar-refractivity contribution in [1.29, 1.82) is 0 Å². The molecule has 36 heavy (non-hydrogen) atoms. The van der Waals surface area contributed by atoms with Gasteiger partial charge in [0.15, 0.2) is 0 Å². The molecule has 2 aromatic rings. The molecule has 194 valence electrons. The summed E-state index contributed by atoms with van der Waals surface area (Å²) in [6.07, 6.45) is 11.2. The summed E-state index contributed by atoms with van der Waals surface area (Å²) in [5, 5.41) is 2.94. The van der Waals surface area contributed by atoms with Crippen LogP contribution < -0.4 is 5.32 Å². The topological polar surface area (TPSA) is 73.7 Å². The van der Waals surface area contributed by atoms with Gasteiger partial charge in [0.05, 0.1) is 24.1 Å². The van der Waals surface area contributed by atoms with Crippen LogP contribution in [0.1, 0.15) is 56.2 Å². The van der Waals surface area contributed by atoms with Crippen LogP contribution in [0.4, 0.5) is 4.79 Å². The second kappa shape index (κ2) is 9.88. The Kier molecular flexibility index (Phi) is 6.81. The first-order valence-corrected chi connectivity index (χ1v) is 13.3. The summed E-state index contributed by atoms with van der Waals surface area (Å²) in [5.41, 5.74) is 1.95. The first kappa shape index (κ1) is 24.8. The third kappa shape index (κ3) is 4.63. The van der Waals surface area contributed by atoms with Crippen molar-refractivity contribution in [3.8, 4) is 0 Å². The lowest BCUT2D eigenvalue weighted by atomic mass is 9.68. The molecule has 8 nitrogen and oxygen atoms in total. The number of nitrogens with zero attached hydrogens (tertiary/aromatic N) is 5. The summed E-state index contributed by atoms with van der Waals surface area (Å²) in [7, 11) is 6.26. The highest BCUT2D eigenvalue weighted by molar-refractivity contribution is 5.86. The number of hydrogen-bond donors (Lipinski definition) is 1. The largest absolute Gasteiger partial charge is 0.349 e. The molecular weight excluding hydrogens is 452 g/mol. The van der Waals surface area contributed by atoms with Crippen LogP contribution in [0, 0.1) is 5.92 Å². The molecule has 2 aliphatic carbocycles. The van der Waals surface area contributed by atoms with Crippen molar-refractivity contribution in [2.24, 2.45) is 13.0 Å². The van der Waals surface area contributed by atoms with Crippen molar-refractivity contribution < 1.29 is 9.59 Å². The number of rotatable bonds is 8. The van der Waals surface area contributed by atoms with E-state index in [1.54, 1.807) is 11.2 Å². The minimum Gasteiger partial charge on any atom is -0.349 e. The van der Waals surface area contributed by atoms with E-state index >= 15 is 0 Å². The van der Waals surface area contributed by atoms with Gasteiger partial charge in [0.2, 0.25) is 5.91 Å². The highest BCUT2D eigenvalue weighted by atomic mass is 16.2. The van der Waals surface area contributed by atoms with E-state index in [2.05, 4.69) is 64.5 Å². The molecule has 0 atom stereocenters. The Morgan fingerprint density at radius 3 is 2.44 bits per heavy atom. The van der Waals surface area contributed by atoms with Crippen LogP contribution in [0.2, 0.25) is 0 Å². The lowest BCUT2D eigenvalue weighted by Gasteiger charge is -2.51. The van der Waals surface area contributed by atoms with Gasteiger partial charge >= 0.3 is 6.03 Å². The number of carbonyl (C=O) groups excluding carboxylic acids is 2. The molecule has 1 aliphatic heterocycles. The number of hydrogen-bond acceptors (Lipinski definition) is 4. The fourth-order valence-electron chi connectivity index (χ4n) is 6.49. The molecule has 1 spiro atoms. The average molecular weight is 493 g/mol. The maximum absolute atomic E-state index is 13.7. The molecule has 1 saturated heterocycles. The number of urea groups is 1. The van der Waals surface area contributed by atoms with Gasteiger partial charge in [-0.05, 0) is 64.1 Å². The quantitative estimate of drug-likeness (QED) is 0.613. The number of amides is 3. The summed E-state index contributed by atoms with van der Waals surface area (Å²) in [5.74, 6) is 0.468. The van der Waals surface area contributed by atoms with Gasteiger partial charge in [-0.1, -0.05) is 36.8 Å². The smallest absolute Gasteiger partial charge is 0.321 e. The maximum atomic E-state index is 13.7. The van der Waals surface area contributed by atoms with Crippen LogP contribution in [-0.2, 0) is 23.9 Å². The molecule has 2 heterocycles. The van der Waals surface area contributed by atoms with E-state index in [1.165, 1.54) is 24.8 Å². The van der Waals surface area contributed by atoms with Crippen molar-refractivity contribution in [1.82, 2.24) is 29.6 Å². The fourth-order valence-corrected chi connectivity index (χ4v) is 6.49. The maximum Gasteiger partial charge on any atom is 0.321 e. The zero-order valence-electron chi connectivity index (χ0n) is 21.9. The SMILES string of the molecule is Cn1cnc(CNC(=O)CN2C[C@]3(CC[C@](c4ccccc4)(N(C)C)CC3)N(CC3CCC3)C2=O)c1. The van der Waals surface area contributed by atoms with Crippen LogP contribution in [-0.4, -0.2) is 75.5 Å². The van der Waals surface area contributed by atoms with Gasteiger partial charge in [-0.15, -0.1) is 0 Å². The average Bonchev–Trinajstić information content (AvgIpc) is 3.37. The lowest BCUT2D eigenvalue weighted by molar-refractivity contribution is -0.121. The third-order valence-corrected chi connectivity index (χ3v) is 8.96. The first-order chi connectivity index (χ1) is 17.3. The molecule has 0 radical (unpaired) electrons. The predicted octanol–water partition coefficient (Wildman–Crippen LogP) is 3.34. The molecule has 0 unspecified atom stereocenters. The van der Waals surface area contributed by atoms with Gasteiger partial charge in [0.25, 0.3) is 0 Å². The summed E-state index contributed by atoms with van der Waals surface area (Å²) in [6, 6.07) is 10.8. The van der Waals surface area contributed by atoms with Gasteiger partial charge in [0, 0.05) is 31.9 Å². The zero-order chi connectivity index (χ0) is 25.3. The number of benzene rings is 1. The Balaban J connectivity index is 1.30. The number of aryl methyl sites for hydroxylation is 1. The third-order valence-electron chi connectivity index (χ3n) is 8.96. The van der Waals surface area contributed by atoms with E-state index in [0.717, 1.165) is 37.9 Å². The standard InChI is InChI=1S/C28H40N6O2/c1-31(2)28(23-10-5-4-6-11-23)14-12-27(13-15-28)20-33(26(36)34(27)17-22-8-7-9-22)19-25(35)29-16-24-18-32(3)21-30-24/h4-6,10-11,18,21-22H,7-9,12-17,19-20H2,1-3H3,(H,29,35)/t27-,28+. The molecule has 2 saturated carbocycles. The second-order valence-electron chi connectivity index (χ2n) is 11.4. The van der Waals surface area contributed by atoms with Gasteiger partial charge in [-0.3, -0.25) is 9.69 Å². The van der Waals surface area contributed by atoms with E-state index in [9.17, 15) is 9.59 Å². The Morgan fingerprint density at radius 2 is 1.86 bits per heavy atom. The Hall–Kier alpha value is -2.87. The normalized spacial score (nSPS) is 26.6. The molecule has 8 heteroatoms. The molecular formula is C28H40N6O2. The molecule has 3 amide bonds. The highest BCUT2D eigenvalue weighted by Gasteiger charge is 2.55. The van der Waals surface area contributed by atoms with Crippen molar-refractivity contribution in [2.75, 3.05) is 33.7 Å². The van der Waals surface area contributed by atoms with Crippen LogP contribution in [0.3, 0.4) is 0 Å². The van der Waals surface area contributed by atoms with E-state index in [-0.39, 0.29) is 29.6 Å². The molecule has 1 N–H and O–H groups in total. The van der Waals surface area contributed by atoms with E-state index < -0.39 is 0 Å². The second-order valence-corrected chi connectivity index (χ2v) is 11.4. The Labute approximate surface area is 214 Å². The van der Waals surface area contributed by atoms with Crippen molar-refractivity contribution in [3.05, 3.63) is 54.1 Å². The molecule has 1 aromatic heterocycles. The Bertz CT molecular complexity index is 1070. The van der Waals surface area contributed by atoms with E-state index in [0.29, 0.717) is 19.0 Å². The van der Waals surface area contributed by atoms with Gasteiger partial charge in [0.1, 0.15) is 6.54 Å². The van der Waals surface area contributed by atoms with Gasteiger partial charge < -0.3 is 19.7 Å². The van der Waals surface area contributed by atoms with Crippen molar-refractivity contribution in [3.63, 3.8) is 0 Å². The molecule has 3 fully saturated rings. The minimum atomic E-state index is -0.192. The molecule has 3 aliphatic rings. The molecule has 5 rings (SSSR count). The van der Waals surface area contributed by atoms with Crippen LogP contribution in [0.25, 0.3) is 0 Å². The number of carbonyl (C=O) groups is 2. The summed E-state index contributed by atoms with van der Waals surface area (Å²) < 4.78 is 1.86. The zero-order valence-corrected chi connectivity index (χ0v) is 21.9. The monoisotopic (exact) mass is 492 g/mol. The summed E-state index contributed by atoms with van der Waals surface area (Å²) in [4.78, 5) is 37.1. The first-order valence-electron chi connectivity index (χ1n) is 13.3. The van der Waals surface area contributed by atoms with Crippen LogP contribution in [0.15, 0.2) is 42.9 Å². The van der Waals surface area contributed by atoms with Crippen molar-refractivity contribution >= 4 is 11.9 Å². The summed E-state index contributed by atoms with van der Waals surface area (Å²) in [6.45, 7) is 1.94. The molecule has 1 aromatic carbocycles. The fraction of sp³-hybridized carbons (Fsp3) is 0.607. The van der Waals surface area contributed by atoms with E-state index in [1.807, 2.05) is 17.8 Å². The Morgan fingerprint density at radius 1 is 1.14 bits per heavy atom. The van der Waals surface area contributed by atoms with Crippen LogP contribution in [0.5, 0.6) is 0 Å². The summed E-state index contributed by atoms with van der Waals surface area (Å²) >= 11 is 0. The molecule has 0 bridgehead atoms. The minimum absolute atomic E-state index is 0.0226. The highest BCUT2D eigenvalue weighted by Crippen LogP contribution is 2.49. The van der Waals surface area contributed by atoms with Gasteiger partial charge in [-0.25, -0.2) is 9.78 Å². The number of aromatic nitrogens is 2. The van der Waals surface area contributed by atoms with Crippen molar-refractivity contribution in [2.45, 2.75) is 62.6 Å². The van der Waals surface area contributed by atoms with Crippen LogP contribution >= 0.6 is 0 Å². The number of nitrogens with one attached hydrogen (secondary N) is 1.